The van der Waals surface area contributed by atoms with E-state index in [1.165, 1.54) is 11.1 Å². The van der Waals surface area contributed by atoms with Gasteiger partial charge in [0.05, 0.1) is 0 Å². The van der Waals surface area contributed by atoms with Crippen LogP contribution in [0.5, 0.6) is 5.75 Å². The third-order valence-electron chi connectivity index (χ3n) is 3.03. The third-order valence-corrected chi connectivity index (χ3v) is 3.57. The van der Waals surface area contributed by atoms with Crippen LogP contribution in [0.3, 0.4) is 0 Å². The summed E-state index contributed by atoms with van der Waals surface area (Å²) in [5.74, 6) is 1.46. The van der Waals surface area contributed by atoms with Crippen molar-refractivity contribution in [2.45, 2.75) is 26.4 Å². The van der Waals surface area contributed by atoms with Crippen molar-refractivity contribution in [3.05, 3.63) is 65.2 Å². The summed E-state index contributed by atoms with van der Waals surface area (Å²) in [5.41, 5.74) is 3.59. The monoisotopic (exact) mass is 340 g/mol. The van der Waals surface area contributed by atoms with Crippen molar-refractivity contribution in [3.63, 3.8) is 0 Å². The molecule has 2 aromatic carbocycles. The van der Waals surface area contributed by atoms with E-state index in [0.29, 0.717) is 12.5 Å². The maximum atomic E-state index is 6.06. The van der Waals surface area contributed by atoms with E-state index in [1.54, 1.807) is 0 Å². The normalized spacial score (nSPS) is 10.5. The van der Waals surface area contributed by atoms with Crippen LogP contribution in [0.25, 0.3) is 0 Å². The van der Waals surface area contributed by atoms with Gasteiger partial charge in [-0.15, -0.1) is 0 Å². The van der Waals surface area contributed by atoms with E-state index >= 15 is 0 Å². The molecule has 0 amide bonds. The van der Waals surface area contributed by atoms with Gasteiger partial charge in [-0.25, -0.2) is 0 Å². The number of para-hydroxylation sites is 1. The van der Waals surface area contributed by atoms with Crippen molar-refractivity contribution in [2.75, 3.05) is 0 Å². The molecule has 0 saturated heterocycles. The summed E-state index contributed by atoms with van der Waals surface area (Å²) in [5, 5.41) is 0. The molecule has 0 unspecified atom stereocenters. The van der Waals surface area contributed by atoms with Crippen LogP contribution < -0.4 is 4.74 Å². The second-order valence-corrected chi connectivity index (χ2v) is 5.30. The number of benzene rings is 2. The molecule has 2 heteroatoms. The van der Waals surface area contributed by atoms with Gasteiger partial charge in [-0.3, -0.25) is 0 Å². The molecule has 0 aliphatic carbocycles. The van der Waals surface area contributed by atoms with Gasteiger partial charge in [-0.05, 0) is 0 Å². The molecule has 19 heavy (non-hydrogen) atoms. The fraction of sp³-hybridized carbons (Fsp3) is 0.235. The topological polar surface area (TPSA) is 9.23 Å². The molecule has 0 fully saturated rings. The van der Waals surface area contributed by atoms with Gasteiger partial charge in [-0.1, -0.05) is 0 Å². The Morgan fingerprint density at radius 2 is 1.79 bits per heavy atom. The molecular formula is C17H18ORu+. The Kier molecular flexibility index (Phi) is 5.04. The molecule has 0 radical (unpaired) electrons. The second-order valence-electron chi connectivity index (χ2n) is 4.80. The maximum absolute atomic E-state index is 6.06. The Labute approximate surface area is 124 Å². The van der Waals surface area contributed by atoms with Crippen molar-refractivity contribution in [1.82, 2.24) is 0 Å². The van der Waals surface area contributed by atoms with Crippen LogP contribution in [0.2, 0.25) is 0 Å². The van der Waals surface area contributed by atoms with Gasteiger partial charge in [0.2, 0.25) is 0 Å². The van der Waals surface area contributed by atoms with E-state index in [2.05, 4.69) is 62.0 Å². The Hall–Kier alpha value is -1.27. The molecule has 0 aliphatic heterocycles. The summed E-state index contributed by atoms with van der Waals surface area (Å²) in [7, 11) is 0. The Bertz CT molecular complexity index is 546. The average Bonchev–Trinajstić information content (AvgIpc) is 2.45. The fourth-order valence-electron chi connectivity index (χ4n) is 2.00. The zero-order valence-electron chi connectivity index (χ0n) is 11.2. The summed E-state index contributed by atoms with van der Waals surface area (Å²) in [6, 6.07) is 16.6. The number of hydrogen-bond acceptors (Lipinski definition) is 1. The summed E-state index contributed by atoms with van der Waals surface area (Å²) in [6.45, 7) is 4.99. The van der Waals surface area contributed by atoms with Crippen LogP contribution in [-0.2, 0) is 24.5 Å². The molecule has 1 nitrogen and oxygen atoms in total. The molecule has 0 spiro atoms. The Morgan fingerprint density at radius 3 is 2.42 bits per heavy atom. The van der Waals surface area contributed by atoms with Gasteiger partial charge in [0, 0.05) is 0 Å². The summed E-state index contributed by atoms with van der Waals surface area (Å²) >= 11 is 2.56. The van der Waals surface area contributed by atoms with Crippen LogP contribution >= 0.6 is 0 Å². The standard InChI is InChI=1S/C17H18O.Ru/c1-13(2)16-11-7-8-14(3)17(16)18-12-15-9-5-4-6-10-15;/h3-11,13H,12H2,1-2H3;/q;+1. The van der Waals surface area contributed by atoms with Crippen molar-refractivity contribution in [3.8, 4) is 5.75 Å². The van der Waals surface area contributed by atoms with E-state index < -0.39 is 0 Å². The molecule has 0 N–H and O–H groups in total. The quantitative estimate of drug-likeness (QED) is 0.746. The Morgan fingerprint density at radius 1 is 1.05 bits per heavy atom. The molecule has 0 heterocycles. The first-order valence-electron chi connectivity index (χ1n) is 6.44. The first-order chi connectivity index (χ1) is 9.22. The van der Waals surface area contributed by atoms with Gasteiger partial charge in [0.1, 0.15) is 0 Å². The van der Waals surface area contributed by atoms with Crippen LogP contribution in [0.15, 0.2) is 48.5 Å². The molecular weight excluding hydrogens is 321 g/mol. The molecule has 0 bridgehead atoms. The van der Waals surface area contributed by atoms with Crippen LogP contribution in [0.1, 0.15) is 36.5 Å². The zero-order chi connectivity index (χ0) is 13.7. The van der Waals surface area contributed by atoms with Crippen LogP contribution in [0.4, 0.5) is 0 Å². The third kappa shape index (κ3) is 3.61. The van der Waals surface area contributed by atoms with Gasteiger partial charge in [-0.2, -0.15) is 0 Å². The van der Waals surface area contributed by atoms with Gasteiger partial charge in [0.25, 0.3) is 0 Å². The van der Waals surface area contributed by atoms with E-state index in [0.717, 1.165) is 11.3 Å². The zero-order valence-corrected chi connectivity index (χ0v) is 13.0. The Balaban J connectivity index is 2.25. The summed E-state index contributed by atoms with van der Waals surface area (Å²) in [4.78, 5) is 0. The predicted molar refractivity (Wildman–Crippen MR) is 76.5 cm³/mol. The first kappa shape index (κ1) is 14.1. The minimum absolute atomic E-state index is 0.456. The fourth-order valence-corrected chi connectivity index (χ4v) is 2.40. The minimum atomic E-state index is 0.456. The van der Waals surface area contributed by atoms with E-state index in [4.69, 9.17) is 4.74 Å². The summed E-state index contributed by atoms with van der Waals surface area (Å²) < 4.78 is 8.10. The van der Waals surface area contributed by atoms with E-state index in [9.17, 15) is 0 Å². The molecule has 0 aromatic heterocycles. The number of hydrogen-bond donors (Lipinski definition) is 0. The molecule has 99 valence electrons. The average molecular weight is 339 g/mol. The van der Waals surface area contributed by atoms with Crippen LogP contribution in [-0.4, -0.2) is 4.61 Å². The summed E-state index contributed by atoms with van der Waals surface area (Å²) in [6.07, 6.45) is 0. The van der Waals surface area contributed by atoms with Crippen molar-refractivity contribution in [2.24, 2.45) is 0 Å². The van der Waals surface area contributed by atoms with Crippen LogP contribution in [0, 0.1) is 0 Å². The number of ether oxygens (including phenoxy) is 1. The molecule has 2 rings (SSSR count). The first-order valence-corrected chi connectivity index (χ1v) is 7.44. The molecule has 0 aliphatic rings. The van der Waals surface area contributed by atoms with Crippen molar-refractivity contribution >= 4 is 4.61 Å². The van der Waals surface area contributed by atoms with Gasteiger partial charge >= 0.3 is 125 Å². The van der Waals surface area contributed by atoms with Crippen molar-refractivity contribution < 1.29 is 22.6 Å². The molecule has 2 aromatic rings. The second kappa shape index (κ2) is 6.77. The molecule has 0 atom stereocenters. The number of rotatable bonds is 5. The van der Waals surface area contributed by atoms with E-state index in [1.807, 2.05) is 22.8 Å². The van der Waals surface area contributed by atoms with Gasteiger partial charge in [0.15, 0.2) is 0 Å². The molecule has 0 saturated carbocycles. The SMILES string of the molecule is CC(C)c1cccc([CH]=[Ru+])c1OCc1ccccc1. The predicted octanol–water partition coefficient (Wildman–Crippen LogP) is 4.09. The van der Waals surface area contributed by atoms with Crippen molar-refractivity contribution in [1.29, 1.82) is 0 Å². The van der Waals surface area contributed by atoms with Gasteiger partial charge < -0.3 is 0 Å². The van der Waals surface area contributed by atoms with E-state index in [-0.39, 0.29) is 0 Å².